The highest BCUT2D eigenvalue weighted by Gasteiger charge is 2.52. The molecule has 0 heterocycles. The molecule has 0 atom stereocenters. The van der Waals surface area contributed by atoms with E-state index >= 15 is 0 Å². The van der Waals surface area contributed by atoms with E-state index in [9.17, 15) is 9.59 Å². The van der Waals surface area contributed by atoms with Crippen molar-refractivity contribution < 1.29 is 14.7 Å². The quantitative estimate of drug-likeness (QED) is 0.773. The number of rotatable bonds is 6. The molecule has 108 valence electrons. The number of likely N-dealkylation sites (N-methyl/N-ethyl adjacent to an activating group) is 1. The summed E-state index contributed by atoms with van der Waals surface area (Å²) in [6.07, 6.45) is 2.26. The van der Waals surface area contributed by atoms with Crippen LogP contribution in [-0.4, -0.2) is 35.5 Å². The maximum absolute atomic E-state index is 12.5. The monoisotopic (exact) mass is 276 g/mol. The van der Waals surface area contributed by atoms with E-state index in [-0.39, 0.29) is 12.3 Å². The summed E-state index contributed by atoms with van der Waals surface area (Å²) in [5.41, 5.74) is 6.95. The van der Waals surface area contributed by atoms with Gasteiger partial charge in [0.15, 0.2) is 0 Å². The lowest BCUT2D eigenvalue weighted by atomic mass is 9.94. The summed E-state index contributed by atoms with van der Waals surface area (Å²) in [6, 6.07) is 7.44. The zero-order valence-electron chi connectivity index (χ0n) is 11.6. The van der Waals surface area contributed by atoms with Crippen molar-refractivity contribution in [3.8, 4) is 0 Å². The van der Waals surface area contributed by atoms with Crippen LogP contribution in [0.5, 0.6) is 0 Å². The number of nitrogens with zero attached hydrogens (tertiary/aromatic N) is 1. The Balaban J connectivity index is 2.00. The number of nitrogen functional groups attached to an aromatic ring is 1. The number of anilines is 1. The van der Waals surface area contributed by atoms with Gasteiger partial charge in [-0.15, -0.1) is 0 Å². The first-order chi connectivity index (χ1) is 9.45. The molecule has 0 saturated heterocycles. The standard InChI is InChI=1S/C15H20N2O3/c1-17(10-2-3-13(18)19)14(20)15(8-9-15)11-4-6-12(16)7-5-11/h4-7H,2-3,8-10,16H2,1H3,(H,18,19). The minimum atomic E-state index is -0.828. The molecule has 0 radical (unpaired) electrons. The Labute approximate surface area is 118 Å². The third-order valence-corrected chi connectivity index (χ3v) is 3.85. The third kappa shape index (κ3) is 2.92. The van der Waals surface area contributed by atoms with E-state index in [1.165, 1.54) is 0 Å². The predicted octanol–water partition coefficient (Wildman–Crippen LogP) is 1.62. The molecular formula is C15H20N2O3. The SMILES string of the molecule is CN(CCCC(=O)O)C(=O)C1(c2ccc(N)cc2)CC1. The molecule has 5 nitrogen and oxygen atoms in total. The number of carbonyl (C=O) groups is 2. The van der Waals surface area contributed by atoms with Gasteiger partial charge in [0.1, 0.15) is 0 Å². The molecule has 0 spiro atoms. The van der Waals surface area contributed by atoms with Gasteiger partial charge in [0, 0.05) is 25.7 Å². The van der Waals surface area contributed by atoms with Crippen molar-refractivity contribution in [1.29, 1.82) is 0 Å². The van der Waals surface area contributed by atoms with Crippen LogP contribution in [-0.2, 0) is 15.0 Å². The number of carboxylic acid groups (broad SMARTS) is 1. The molecule has 0 unspecified atom stereocenters. The smallest absolute Gasteiger partial charge is 0.303 e. The second-order valence-electron chi connectivity index (χ2n) is 5.43. The van der Waals surface area contributed by atoms with Crippen LogP contribution in [0.4, 0.5) is 5.69 Å². The van der Waals surface area contributed by atoms with Gasteiger partial charge in [-0.05, 0) is 37.0 Å². The second kappa shape index (κ2) is 5.53. The van der Waals surface area contributed by atoms with Gasteiger partial charge in [-0.1, -0.05) is 12.1 Å². The lowest BCUT2D eigenvalue weighted by Gasteiger charge is -2.23. The van der Waals surface area contributed by atoms with Gasteiger partial charge in [-0.25, -0.2) is 0 Å². The molecule has 1 fully saturated rings. The Kier molecular flexibility index (Phi) is 3.97. The molecule has 1 aliphatic carbocycles. The van der Waals surface area contributed by atoms with Gasteiger partial charge in [0.25, 0.3) is 0 Å². The first-order valence-corrected chi connectivity index (χ1v) is 6.79. The van der Waals surface area contributed by atoms with Crippen molar-refractivity contribution in [3.63, 3.8) is 0 Å². The lowest BCUT2D eigenvalue weighted by Crippen LogP contribution is -2.37. The van der Waals surface area contributed by atoms with E-state index in [4.69, 9.17) is 10.8 Å². The summed E-state index contributed by atoms with van der Waals surface area (Å²) in [4.78, 5) is 24.7. The fraction of sp³-hybridized carbons (Fsp3) is 0.467. The summed E-state index contributed by atoms with van der Waals surface area (Å²) in [7, 11) is 1.74. The summed E-state index contributed by atoms with van der Waals surface area (Å²) in [6.45, 7) is 0.474. The van der Waals surface area contributed by atoms with Crippen molar-refractivity contribution >= 4 is 17.6 Å². The number of carboxylic acids is 1. The Morgan fingerprint density at radius 1 is 1.30 bits per heavy atom. The van der Waals surface area contributed by atoms with E-state index in [0.717, 1.165) is 18.4 Å². The zero-order chi connectivity index (χ0) is 14.8. The predicted molar refractivity (Wildman–Crippen MR) is 76.3 cm³/mol. The maximum atomic E-state index is 12.5. The van der Waals surface area contributed by atoms with Crippen molar-refractivity contribution in [3.05, 3.63) is 29.8 Å². The number of aliphatic carboxylic acids is 1. The van der Waals surface area contributed by atoms with Crippen molar-refractivity contribution in [1.82, 2.24) is 4.90 Å². The summed E-state index contributed by atoms with van der Waals surface area (Å²) in [5.74, 6) is -0.752. The third-order valence-electron chi connectivity index (χ3n) is 3.85. The molecule has 1 aromatic rings. The fourth-order valence-electron chi connectivity index (χ4n) is 2.49. The largest absolute Gasteiger partial charge is 0.481 e. The van der Waals surface area contributed by atoms with Crippen LogP contribution in [0.3, 0.4) is 0 Å². The van der Waals surface area contributed by atoms with Crippen LogP contribution in [0.25, 0.3) is 0 Å². The number of amides is 1. The van der Waals surface area contributed by atoms with E-state index in [2.05, 4.69) is 0 Å². The van der Waals surface area contributed by atoms with Gasteiger partial charge >= 0.3 is 5.97 Å². The van der Waals surface area contributed by atoms with Crippen LogP contribution in [0.1, 0.15) is 31.2 Å². The molecule has 2 rings (SSSR count). The number of carbonyl (C=O) groups excluding carboxylic acids is 1. The molecule has 1 aromatic carbocycles. The van der Waals surface area contributed by atoms with Gasteiger partial charge in [-0.2, -0.15) is 0 Å². The Morgan fingerprint density at radius 3 is 2.40 bits per heavy atom. The highest BCUT2D eigenvalue weighted by atomic mass is 16.4. The average Bonchev–Trinajstić information content (AvgIpc) is 3.19. The van der Waals surface area contributed by atoms with Gasteiger partial charge in [0.2, 0.25) is 5.91 Å². The fourth-order valence-corrected chi connectivity index (χ4v) is 2.49. The molecule has 0 aliphatic heterocycles. The summed E-state index contributed by atoms with van der Waals surface area (Å²) in [5, 5.41) is 8.63. The second-order valence-corrected chi connectivity index (χ2v) is 5.43. The van der Waals surface area contributed by atoms with E-state index in [1.807, 2.05) is 24.3 Å². The molecule has 3 N–H and O–H groups in total. The molecule has 0 aromatic heterocycles. The Hall–Kier alpha value is -2.04. The first-order valence-electron chi connectivity index (χ1n) is 6.79. The number of hydrogen-bond acceptors (Lipinski definition) is 3. The molecular weight excluding hydrogens is 256 g/mol. The van der Waals surface area contributed by atoms with Crippen molar-refractivity contribution in [2.45, 2.75) is 31.1 Å². The lowest BCUT2D eigenvalue weighted by molar-refractivity contribution is -0.138. The highest BCUT2D eigenvalue weighted by Crippen LogP contribution is 2.49. The van der Waals surface area contributed by atoms with E-state index in [1.54, 1.807) is 11.9 Å². The molecule has 0 bridgehead atoms. The normalized spacial score (nSPS) is 15.7. The van der Waals surface area contributed by atoms with Crippen molar-refractivity contribution in [2.24, 2.45) is 0 Å². The Morgan fingerprint density at radius 2 is 1.90 bits per heavy atom. The van der Waals surface area contributed by atoms with Gasteiger partial charge in [0.05, 0.1) is 5.41 Å². The Bertz CT molecular complexity index is 506. The highest BCUT2D eigenvalue weighted by molar-refractivity contribution is 5.91. The number of benzene rings is 1. The minimum absolute atomic E-state index is 0.0765. The number of nitrogens with two attached hydrogens (primary N) is 1. The van der Waals surface area contributed by atoms with Crippen LogP contribution < -0.4 is 5.73 Å². The van der Waals surface area contributed by atoms with Crippen LogP contribution >= 0.6 is 0 Å². The zero-order valence-corrected chi connectivity index (χ0v) is 11.6. The molecule has 5 heteroatoms. The first kappa shape index (κ1) is 14.4. The molecule has 1 aliphatic rings. The summed E-state index contributed by atoms with van der Waals surface area (Å²) < 4.78 is 0. The van der Waals surface area contributed by atoms with E-state index < -0.39 is 11.4 Å². The van der Waals surface area contributed by atoms with Crippen LogP contribution in [0.2, 0.25) is 0 Å². The maximum Gasteiger partial charge on any atom is 0.303 e. The van der Waals surface area contributed by atoms with Gasteiger partial charge in [-0.3, -0.25) is 9.59 Å². The summed E-state index contributed by atoms with van der Waals surface area (Å²) >= 11 is 0. The number of hydrogen-bond donors (Lipinski definition) is 2. The topological polar surface area (TPSA) is 83.6 Å². The average molecular weight is 276 g/mol. The van der Waals surface area contributed by atoms with E-state index in [0.29, 0.717) is 18.7 Å². The molecule has 1 amide bonds. The minimum Gasteiger partial charge on any atom is -0.481 e. The molecule has 20 heavy (non-hydrogen) atoms. The molecule has 1 saturated carbocycles. The van der Waals surface area contributed by atoms with Crippen LogP contribution in [0.15, 0.2) is 24.3 Å². The van der Waals surface area contributed by atoms with Gasteiger partial charge < -0.3 is 15.7 Å². The van der Waals surface area contributed by atoms with Crippen molar-refractivity contribution in [2.75, 3.05) is 19.3 Å². The van der Waals surface area contributed by atoms with Crippen LogP contribution in [0, 0.1) is 0 Å².